The van der Waals surface area contributed by atoms with Crippen molar-refractivity contribution < 1.29 is 35.8 Å². The summed E-state index contributed by atoms with van der Waals surface area (Å²) in [5.41, 5.74) is -4.39. The molecule has 0 aliphatic carbocycles. The zero-order chi connectivity index (χ0) is 18.1. The molecule has 1 aliphatic rings. The molecule has 0 radical (unpaired) electrons. The van der Waals surface area contributed by atoms with E-state index < -0.39 is 47.5 Å². The van der Waals surface area contributed by atoms with E-state index in [9.17, 15) is 35.8 Å². The van der Waals surface area contributed by atoms with Crippen LogP contribution < -0.4 is 5.32 Å². The molecule has 2 rings (SSSR count). The molecule has 2 N–H and O–H groups in total. The van der Waals surface area contributed by atoms with Crippen LogP contribution in [0.5, 0.6) is 0 Å². The van der Waals surface area contributed by atoms with E-state index in [-0.39, 0.29) is 37.6 Å². The fraction of sp³-hybridized carbons (Fsp3) is 0.571. The zero-order valence-electron chi connectivity index (χ0n) is 12.7. The fourth-order valence-electron chi connectivity index (χ4n) is 2.74. The predicted molar refractivity (Wildman–Crippen MR) is 77.9 cm³/mol. The van der Waals surface area contributed by atoms with Gasteiger partial charge in [0.15, 0.2) is 0 Å². The summed E-state index contributed by atoms with van der Waals surface area (Å²) in [5.74, 6) is -1.63. The number of nitrogens with zero attached hydrogens (tertiary/aromatic N) is 1. The molecule has 0 spiro atoms. The molecule has 0 amide bonds. The third-order valence-corrected chi connectivity index (χ3v) is 3.86. The van der Waals surface area contributed by atoms with Crippen molar-refractivity contribution in [1.82, 2.24) is 10.2 Å². The van der Waals surface area contributed by atoms with Crippen LogP contribution in [0.15, 0.2) is 12.1 Å². The van der Waals surface area contributed by atoms with Crippen molar-refractivity contribution >= 4 is 12.4 Å². The first-order valence-electron chi connectivity index (χ1n) is 7.09. The molecule has 1 fully saturated rings. The second-order valence-electron chi connectivity index (χ2n) is 5.40. The van der Waals surface area contributed by atoms with Gasteiger partial charge < -0.3 is 10.4 Å². The maximum Gasteiger partial charge on any atom is 0.416 e. The van der Waals surface area contributed by atoms with Crippen molar-refractivity contribution in [3.63, 3.8) is 0 Å². The van der Waals surface area contributed by atoms with Gasteiger partial charge in [0.05, 0.1) is 23.8 Å². The Morgan fingerprint density at radius 2 is 1.60 bits per heavy atom. The van der Waals surface area contributed by atoms with Crippen molar-refractivity contribution in [2.24, 2.45) is 0 Å². The van der Waals surface area contributed by atoms with Crippen LogP contribution in [0, 0.1) is 5.82 Å². The lowest BCUT2D eigenvalue weighted by molar-refractivity contribution is -0.144. The SMILES string of the molecule is Cl.OC[C@H](c1c(F)cc(C(F)(F)F)cc1C(F)(F)F)N1CCNCC1. The Bertz CT molecular complexity index is 586. The van der Waals surface area contributed by atoms with Crippen LogP contribution in [0.25, 0.3) is 0 Å². The molecule has 1 saturated heterocycles. The van der Waals surface area contributed by atoms with E-state index in [4.69, 9.17) is 0 Å². The number of rotatable bonds is 3. The minimum Gasteiger partial charge on any atom is -0.394 e. The molecule has 144 valence electrons. The first-order chi connectivity index (χ1) is 11.1. The normalized spacial score (nSPS) is 17.9. The molecule has 25 heavy (non-hydrogen) atoms. The molecule has 1 aromatic carbocycles. The first-order valence-corrected chi connectivity index (χ1v) is 7.09. The second kappa shape index (κ2) is 8.07. The quantitative estimate of drug-likeness (QED) is 0.770. The topological polar surface area (TPSA) is 35.5 Å². The molecule has 0 saturated carbocycles. The minimum atomic E-state index is -5.18. The Labute approximate surface area is 145 Å². The summed E-state index contributed by atoms with van der Waals surface area (Å²) < 4.78 is 92.0. The van der Waals surface area contributed by atoms with Crippen LogP contribution in [0.2, 0.25) is 0 Å². The van der Waals surface area contributed by atoms with E-state index in [1.807, 2.05) is 0 Å². The molecule has 1 aromatic rings. The Morgan fingerprint density at radius 3 is 2.04 bits per heavy atom. The van der Waals surface area contributed by atoms with Gasteiger partial charge in [-0.3, -0.25) is 4.90 Å². The zero-order valence-corrected chi connectivity index (χ0v) is 13.5. The highest BCUT2D eigenvalue weighted by atomic mass is 35.5. The molecule has 1 atom stereocenters. The summed E-state index contributed by atoms with van der Waals surface area (Å²) in [6.07, 6.45) is -10.3. The number of aliphatic hydroxyl groups is 1. The van der Waals surface area contributed by atoms with Gasteiger partial charge in [-0.2, -0.15) is 26.3 Å². The summed E-state index contributed by atoms with van der Waals surface area (Å²) in [7, 11) is 0. The van der Waals surface area contributed by atoms with Crippen molar-refractivity contribution in [1.29, 1.82) is 0 Å². The third-order valence-electron chi connectivity index (χ3n) is 3.86. The largest absolute Gasteiger partial charge is 0.416 e. The smallest absolute Gasteiger partial charge is 0.394 e. The van der Waals surface area contributed by atoms with Crippen LogP contribution in [-0.4, -0.2) is 42.8 Å². The first kappa shape index (κ1) is 21.9. The van der Waals surface area contributed by atoms with E-state index in [1.165, 1.54) is 4.90 Å². The maximum absolute atomic E-state index is 14.2. The van der Waals surface area contributed by atoms with E-state index in [1.54, 1.807) is 0 Å². The van der Waals surface area contributed by atoms with E-state index in [0.717, 1.165) is 0 Å². The second-order valence-corrected chi connectivity index (χ2v) is 5.40. The average molecular weight is 397 g/mol. The number of nitrogens with one attached hydrogen (secondary N) is 1. The van der Waals surface area contributed by atoms with Gasteiger partial charge in [0, 0.05) is 31.7 Å². The van der Waals surface area contributed by atoms with E-state index in [2.05, 4.69) is 5.32 Å². The van der Waals surface area contributed by atoms with Crippen molar-refractivity contribution in [3.8, 4) is 0 Å². The Morgan fingerprint density at radius 1 is 1.04 bits per heavy atom. The maximum atomic E-state index is 14.2. The Kier molecular flexibility index (Phi) is 7.08. The molecule has 0 aromatic heterocycles. The number of halogens is 8. The monoisotopic (exact) mass is 396 g/mol. The Balaban J connectivity index is 0.00000312. The number of benzene rings is 1. The lowest BCUT2D eigenvalue weighted by atomic mass is 9.95. The van der Waals surface area contributed by atoms with Gasteiger partial charge >= 0.3 is 12.4 Å². The molecule has 3 nitrogen and oxygen atoms in total. The molecule has 11 heteroatoms. The highest BCUT2D eigenvalue weighted by Gasteiger charge is 2.42. The number of piperazine rings is 1. The van der Waals surface area contributed by atoms with E-state index in [0.29, 0.717) is 13.1 Å². The highest BCUT2D eigenvalue weighted by molar-refractivity contribution is 5.85. The summed E-state index contributed by atoms with van der Waals surface area (Å²) in [6, 6.07) is -1.44. The molecule has 1 heterocycles. The number of aliphatic hydroxyl groups excluding tert-OH is 1. The predicted octanol–water partition coefficient (Wildman–Crippen LogP) is 3.22. The van der Waals surface area contributed by atoms with Gasteiger partial charge in [-0.15, -0.1) is 12.4 Å². The van der Waals surface area contributed by atoms with Crippen molar-refractivity contribution in [2.75, 3.05) is 32.8 Å². The lowest BCUT2D eigenvalue weighted by Crippen LogP contribution is -2.46. The third kappa shape index (κ3) is 4.96. The lowest BCUT2D eigenvalue weighted by Gasteiger charge is -2.35. The summed E-state index contributed by atoms with van der Waals surface area (Å²) in [4.78, 5) is 1.41. The van der Waals surface area contributed by atoms with Gasteiger partial charge in [-0.05, 0) is 12.1 Å². The van der Waals surface area contributed by atoms with Gasteiger partial charge in [0.2, 0.25) is 0 Å². The van der Waals surface area contributed by atoms with Crippen LogP contribution in [0.1, 0.15) is 22.7 Å². The summed E-state index contributed by atoms with van der Waals surface area (Å²) in [5, 5.41) is 12.4. The molecular weight excluding hydrogens is 381 g/mol. The van der Waals surface area contributed by atoms with E-state index >= 15 is 0 Å². The van der Waals surface area contributed by atoms with Crippen LogP contribution in [-0.2, 0) is 12.4 Å². The Hall–Kier alpha value is -1.10. The van der Waals surface area contributed by atoms with Crippen molar-refractivity contribution in [3.05, 3.63) is 34.6 Å². The van der Waals surface area contributed by atoms with Crippen LogP contribution in [0.4, 0.5) is 30.7 Å². The summed E-state index contributed by atoms with van der Waals surface area (Å²) >= 11 is 0. The highest BCUT2D eigenvalue weighted by Crippen LogP contribution is 2.41. The van der Waals surface area contributed by atoms with Gasteiger partial charge in [0.25, 0.3) is 0 Å². The number of hydrogen-bond acceptors (Lipinski definition) is 3. The molecule has 1 aliphatic heterocycles. The van der Waals surface area contributed by atoms with Gasteiger partial charge in [-0.1, -0.05) is 0 Å². The standard InChI is InChI=1S/C14H15F7N2O.ClH/c15-10-6-8(13(16,17)18)5-9(14(19,20)21)12(10)11(7-24)23-3-1-22-2-4-23;/h5-6,11,22,24H,1-4,7H2;1H/t11-;/m1./s1. The van der Waals surface area contributed by atoms with Gasteiger partial charge in [-0.25, -0.2) is 4.39 Å². The fourth-order valence-corrected chi connectivity index (χ4v) is 2.74. The number of alkyl halides is 6. The van der Waals surface area contributed by atoms with Gasteiger partial charge in [0.1, 0.15) is 5.82 Å². The summed E-state index contributed by atoms with van der Waals surface area (Å²) in [6.45, 7) is 0.470. The van der Waals surface area contributed by atoms with Crippen LogP contribution >= 0.6 is 12.4 Å². The molecular formula is C14H16ClF7N2O. The van der Waals surface area contributed by atoms with Crippen LogP contribution in [0.3, 0.4) is 0 Å². The minimum absolute atomic E-state index is 0. The van der Waals surface area contributed by atoms with Crippen molar-refractivity contribution in [2.45, 2.75) is 18.4 Å². The molecule has 0 bridgehead atoms. The molecule has 0 unspecified atom stereocenters. The average Bonchev–Trinajstić information content (AvgIpc) is 2.48. The number of hydrogen-bond donors (Lipinski definition) is 2.